The van der Waals surface area contributed by atoms with Crippen molar-refractivity contribution in [1.82, 2.24) is 0 Å². The fraction of sp³-hybridized carbons (Fsp3) is 0.943. The second-order valence-electron chi connectivity index (χ2n) is 26.7. The number of hydrogen-bond acceptors (Lipinski definition) is 15. The molecule has 0 aliphatic carbocycles. The van der Waals surface area contributed by atoms with Gasteiger partial charge in [-0.05, 0) is 43.4 Å². The molecule has 528 valence electrons. The fourth-order valence-electron chi connectivity index (χ4n) is 10.5. The highest BCUT2D eigenvalue weighted by Crippen LogP contribution is 2.45. The van der Waals surface area contributed by atoms with Crippen LogP contribution in [0.2, 0.25) is 0 Å². The van der Waals surface area contributed by atoms with Crippen molar-refractivity contribution in [3.63, 3.8) is 0 Å². The minimum Gasteiger partial charge on any atom is -0.462 e. The molecule has 0 amide bonds. The average Bonchev–Trinajstić information content (AvgIpc) is 3.59. The largest absolute Gasteiger partial charge is 0.472 e. The summed E-state index contributed by atoms with van der Waals surface area (Å²) in [4.78, 5) is 72.3. The molecule has 3 N–H and O–H groups in total. The van der Waals surface area contributed by atoms with Crippen molar-refractivity contribution >= 4 is 39.5 Å². The van der Waals surface area contributed by atoms with E-state index < -0.39 is 97.5 Å². The van der Waals surface area contributed by atoms with Crippen molar-refractivity contribution in [3.8, 4) is 0 Å². The summed E-state index contributed by atoms with van der Waals surface area (Å²) < 4.78 is 68.1. The van der Waals surface area contributed by atoms with Crippen LogP contribution in [0.25, 0.3) is 0 Å². The lowest BCUT2D eigenvalue weighted by molar-refractivity contribution is -0.161. The monoisotopic (exact) mass is 1310 g/mol. The van der Waals surface area contributed by atoms with Gasteiger partial charge in [0.15, 0.2) is 12.2 Å². The van der Waals surface area contributed by atoms with Crippen LogP contribution < -0.4 is 0 Å². The molecule has 0 rings (SSSR count). The molecular weight excluding hydrogens is 1170 g/mol. The number of carbonyl (C=O) groups excluding carboxylic acids is 4. The molecule has 89 heavy (non-hydrogen) atoms. The van der Waals surface area contributed by atoms with Gasteiger partial charge in [-0.15, -0.1) is 0 Å². The number of aliphatic hydroxyl groups excluding tert-OH is 1. The number of aliphatic hydroxyl groups is 1. The number of ether oxygens (including phenoxy) is 4. The van der Waals surface area contributed by atoms with E-state index >= 15 is 0 Å². The molecule has 5 atom stereocenters. The lowest BCUT2D eigenvalue weighted by Crippen LogP contribution is -2.30. The van der Waals surface area contributed by atoms with Gasteiger partial charge in [0.2, 0.25) is 0 Å². The molecule has 0 heterocycles. The molecule has 0 bridgehead atoms. The highest BCUT2D eigenvalue weighted by molar-refractivity contribution is 7.47. The number of phosphoric acid groups is 2. The van der Waals surface area contributed by atoms with Gasteiger partial charge in [0.05, 0.1) is 26.4 Å². The van der Waals surface area contributed by atoms with Crippen LogP contribution >= 0.6 is 15.6 Å². The Hall–Kier alpha value is -1.94. The lowest BCUT2D eigenvalue weighted by atomic mass is 10.0. The molecule has 0 aliphatic rings. The van der Waals surface area contributed by atoms with Crippen LogP contribution in [0, 0.1) is 17.8 Å². The van der Waals surface area contributed by atoms with Gasteiger partial charge in [-0.2, -0.15) is 0 Å². The van der Waals surface area contributed by atoms with Crippen LogP contribution in [0.15, 0.2) is 0 Å². The molecule has 0 saturated heterocycles. The maximum absolute atomic E-state index is 13.0. The van der Waals surface area contributed by atoms with Crippen LogP contribution in [-0.4, -0.2) is 96.7 Å². The van der Waals surface area contributed by atoms with Crippen LogP contribution in [0.3, 0.4) is 0 Å². The third-order valence-corrected chi connectivity index (χ3v) is 18.0. The van der Waals surface area contributed by atoms with Gasteiger partial charge in [0.1, 0.15) is 19.3 Å². The zero-order chi connectivity index (χ0) is 65.9. The van der Waals surface area contributed by atoms with Gasteiger partial charge in [0.25, 0.3) is 0 Å². The molecule has 2 unspecified atom stereocenters. The van der Waals surface area contributed by atoms with Crippen molar-refractivity contribution in [1.29, 1.82) is 0 Å². The first kappa shape index (κ1) is 87.1. The third-order valence-electron chi connectivity index (χ3n) is 16.1. The number of rotatable bonds is 68. The van der Waals surface area contributed by atoms with Gasteiger partial charge in [-0.25, -0.2) is 9.13 Å². The second kappa shape index (κ2) is 61.0. The number of phosphoric ester groups is 2. The van der Waals surface area contributed by atoms with Crippen molar-refractivity contribution in [2.75, 3.05) is 39.6 Å². The molecule has 0 aliphatic heterocycles. The van der Waals surface area contributed by atoms with E-state index in [1.165, 1.54) is 148 Å². The Balaban J connectivity index is 5.09. The highest BCUT2D eigenvalue weighted by atomic mass is 31.2. The third kappa shape index (κ3) is 64.6. The first-order chi connectivity index (χ1) is 42.7. The minimum atomic E-state index is -4.95. The summed E-state index contributed by atoms with van der Waals surface area (Å²) in [6.07, 6.45) is 45.3. The summed E-state index contributed by atoms with van der Waals surface area (Å²) in [7, 11) is -9.89. The number of hydrogen-bond donors (Lipinski definition) is 3. The second-order valence-corrected chi connectivity index (χ2v) is 29.6. The van der Waals surface area contributed by atoms with Crippen LogP contribution in [0.1, 0.15) is 350 Å². The van der Waals surface area contributed by atoms with E-state index in [2.05, 4.69) is 48.5 Å². The van der Waals surface area contributed by atoms with Crippen LogP contribution in [0.5, 0.6) is 0 Å². The molecule has 0 aromatic carbocycles. The standard InChI is InChI=1S/C70H136O17P2/c1-8-9-10-11-12-13-14-15-16-17-18-19-20-21-22-23-24-25-26-27-39-46-53-69(74)86-65(57-80-67(72)51-44-37-31-28-34-41-48-61(2)3)59-84-88(76,77)82-55-64(71)56-83-89(78,79)85-60-66(87-70(75)54-47-40-33-30-36-43-50-63(6)7)58-81-68(73)52-45-38-32-29-35-42-49-62(4)5/h61-66,71H,8-60H2,1-7H3,(H,76,77)(H,78,79)/t64-,65-,66-/m1/s1. The number of carbonyl (C=O) groups is 4. The molecule has 0 aromatic rings. The van der Waals surface area contributed by atoms with Crippen LogP contribution in [0.4, 0.5) is 0 Å². The van der Waals surface area contributed by atoms with Gasteiger partial charge in [0, 0.05) is 25.7 Å². The maximum atomic E-state index is 13.0. The normalized spacial score (nSPS) is 14.2. The quantitative estimate of drug-likeness (QED) is 0.0222. The van der Waals surface area contributed by atoms with E-state index in [0.717, 1.165) is 103 Å². The van der Waals surface area contributed by atoms with E-state index in [0.29, 0.717) is 43.4 Å². The topological polar surface area (TPSA) is 237 Å². The van der Waals surface area contributed by atoms with Gasteiger partial charge in [-0.1, -0.05) is 299 Å². The summed E-state index contributed by atoms with van der Waals surface area (Å²) in [6, 6.07) is 0. The molecule has 0 aromatic heterocycles. The smallest absolute Gasteiger partial charge is 0.462 e. The van der Waals surface area contributed by atoms with E-state index in [4.69, 9.17) is 37.0 Å². The summed E-state index contributed by atoms with van der Waals surface area (Å²) in [5.41, 5.74) is 0. The number of unbranched alkanes of at least 4 members (excludes halogenated alkanes) is 36. The molecular formula is C70H136O17P2. The molecule has 0 saturated carbocycles. The van der Waals surface area contributed by atoms with E-state index in [1.807, 2.05) is 0 Å². The predicted octanol–water partition coefficient (Wildman–Crippen LogP) is 19.8. The fourth-order valence-corrected chi connectivity index (χ4v) is 12.1. The Morgan fingerprint density at radius 3 is 0.764 bits per heavy atom. The first-order valence-electron chi connectivity index (χ1n) is 36.3. The van der Waals surface area contributed by atoms with E-state index in [9.17, 15) is 43.2 Å². The minimum absolute atomic E-state index is 0.101. The Morgan fingerprint density at radius 2 is 0.517 bits per heavy atom. The zero-order valence-electron chi connectivity index (χ0n) is 57.9. The Kier molecular flexibility index (Phi) is 59.6. The van der Waals surface area contributed by atoms with E-state index in [-0.39, 0.29) is 25.7 Å². The summed E-state index contributed by atoms with van der Waals surface area (Å²) >= 11 is 0. The van der Waals surface area contributed by atoms with E-state index in [1.54, 1.807) is 0 Å². The van der Waals surface area contributed by atoms with Crippen molar-refractivity contribution < 1.29 is 80.2 Å². The number of esters is 4. The van der Waals surface area contributed by atoms with Crippen molar-refractivity contribution in [2.45, 2.75) is 369 Å². The Bertz CT molecular complexity index is 1750. The van der Waals surface area contributed by atoms with Gasteiger partial charge >= 0.3 is 39.5 Å². The summed E-state index contributed by atoms with van der Waals surface area (Å²) in [5, 5.41) is 10.6. The summed E-state index contributed by atoms with van der Waals surface area (Å²) in [6.45, 7) is 11.6. The molecule has 17 nitrogen and oxygen atoms in total. The molecule has 19 heteroatoms. The molecule has 0 spiro atoms. The molecule has 0 radical (unpaired) electrons. The van der Waals surface area contributed by atoms with Crippen molar-refractivity contribution in [3.05, 3.63) is 0 Å². The first-order valence-corrected chi connectivity index (χ1v) is 39.3. The van der Waals surface area contributed by atoms with Crippen molar-refractivity contribution in [2.24, 2.45) is 17.8 Å². The summed E-state index contributed by atoms with van der Waals surface area (Å²) in [5.74, 6) is -0.110. The van der Waals surface area contributed by atoms with Gasteiger partial charge in [-0.3, -0.25) is 37.3 Å². The Morgan fingerprint density at radius 1 is 0.303 bits per heavy atom. The van der Waals surface area contributed by atoms with Crippen LogP contribution in [-0.2, 0) is 65.4 Å². The highest BCUT2D eigenvalue weighted by Gasteiger charge is 2.30. The Labute approximate surface area is 543 Å². The molecule has 0 fully saturated rings. The predicted molar refractivity (Wildman–Crippen MR) is 358 cm³/mol. The zero-order valence-corrected chi connectivity index (χ0v) is 59.7. The van der Waals surface area contributed by atoms with Gasteiger partial charge < -0.3 is 33.8 Å². The lowest BCUT2D eigenvalue weighted by Gasteiger charge is -2.21. The maximum Gasteiger partial charge on any atom is 0.472 e. The average molecular weight is 1310 g/mol. The SMILES string of the molecule is CCCCCCCCCCCCCCCCCCCCCCCCC(=O)O[C@H](COC(=O)CCCCCCCCC(C)C)COP(=O)(O)OC[C@@H](O)COP(=O)(O)OC[C@@H](COC(=O)CCCCCCCCC(C)C)OC(=O)CCCCCCCCC(C)C.